The van der Waals surface area contributed by atoms with Crippen LogP contribution in [0.4, 0.5) is 0 Å². The van der Waals surface area contributed by atoms with Crippen LogP contribution in [0.1, 0.15) is 20.3 Å². The third-order valence-corrected chi connectivity index (χ3v) is 4.67. The van der Waals surface area contributed by atoms with Crippen LogP contribution in [-0.4, -0.2) is 73.2 Å². The average Bonchev–Trinajstić information content (AvgIpc) is 2.92. The Labute approximate surface area is 139 Å². The highest BCUT2D eigenvalue weighted by Crippen LogP contribution is 2.27. The zero-order valence-electron chi connectivity index (χ0n) is 12.8. The van der Waals surface area contributed by atoms with Crippen molar-refractivity contribution in [1.82, 2.24) is 15.1 Å². The summed E-state index contributed by atoms with van der Waals surface area (Å²) in [7, 11) is 0. The first-order valence-electron chi connectivity index (χ1n) is 7.51. The minimum absolute atomic E-state index is 0. The van der Waals surface area contributed by atoms with Crippen molar-refractivity contribution in [3.05, 3.63) is 0 Å². The molecule has 0 aromatic rings. The van der Waals surface area contributed by atoms with Crippen LogP contribution in [0.5, 0.6) is 0 Å². The molecule has 3 aliphatic rings. The van der Waals surface area contributed by atoms with E-state index in [0.29, 0.717) is 12.6 Å². The van der Waals surface area contributed by atoms with Gasteiger partial charge in [0.25, 0.3) is 0 Å². The molecule has 3 saturated heterocycles. The Kier molecular flexibility index (Phi) is 7.20. The van der Waals surface area contributed by atoms with Gasteiger partial charge >= 0.3 is 0 Å². The van der Waals surface area contributed by atoms with Gasteiger partial charge in [0.15, 0.2) is 0 Å². The fourth-order valence-corrected chi connectivity index (χ4v) is 3.79. The molecule has 3 rings (SSSR count). The number of carbonyl (C=O) groups is 1. The number of hydrogen-bond acceptors (Lipinski definition) is 4. The SMILES string of the molecule is C[C@@H]1CN(C(=O)CN2CC[C@H]3CNC[C@H]32)C[C@H](C)O1.Cl.Cl. The van der Waals surface area contributed by atoms with Crippen molar-refractivity contribution in [2.45, 2.75) is 38.5 Å². The molecule has 0 spiro atoms. The number of halogens is 2. The maximum absolute atomic E-state index is 12.4. The third kappa shape index (κ3) is 4.23. The van der Waals surface area contributed by atoms with Crippen molar-refractivity contribution in [3.8, 4) is 0 Å². The van der Waals surface area contributed by atoms with Crippen LogP contribution in [-0.2, 0) is 9.53 Å². The zero-order valence-corrected chi connectivity index (χ0v) is 14.4. The van der Waals surface area contributed by atoms with Crippen LogP contribution in [0.2, 0.25) is 0 Å². The van der Waals surface area contributed by atoms with E-state index in [1.165, 1.54) is 6.42 Å². The van der Waals surface area contributed by atoms with E-state index in [2.05, 4.69) is 10.2 Å². The molecule has 0 aromatic carbocycles. The van der Waals surface area contributed by atoms with Crippen molar-refractivity contribution in [2.24, 2.45) is 5.92 Å². The summed E-state index contributed by atoms with van der Waals surface area (Å²) in [4.78, 5) is 16.8. The van der Waals surface area contributed by atoms with E-state index in [0.717, 1.165) is 38.6 Å². The molecule has 124 valence electrons. The summed E-state index contributed by atoms with van der Waals surface area (Å²) in [5, 5.41) is 3.43. The first-order valence-corrected chi connectivity index (χ1v) is 7.51. The van der Waals surface area contributed by atoms with Gasteiger partial charge in [-0.15, -0.1) is 24.8 Å². The van der Waals surface area contributed by atoms with E-state index in [4.69, 9.17) is 4.74 Å². The first kappa shape index (κ1) is 19.0. The second kappa shape index (κ2) is 7.97. The molecule has 7 heteroatoms. The summed E-state index contributed by atoms with van der Waals surface area (Å²) in [6.45, 7) is 9.41. The van der Waals surface area contributed by atoms with Gasteiger partial charge in [0.1, 0.15) is 0 Å². The van der Waals surface area contributed by atoms with Crippen molar-refractivity contribution in [3.63, 3.8) is 0 Å². The minimum Gasteiger partial charge on any atom is -0.372 e. The lowest BCUT2D eigenvalue weighted by Crippen LogP contribution is -2.51. The van der Waals surface area contributed by atoms with Crippen LogP contribution in [0.3, 0.4) is 0 Å². The van der Waals surface area contributed by atoms with Crippen LogP contribution in [0, 0.1) is 5.92 Å². The monoisotopic (exact) mass is 339 g/mol. The molecule has 0 saturated carbocycles. The molecule has 0 aromatic heterocycles. The van der Waals surface area contributed by atoms with Crippen molar-refractivity contribution < 1.29 is 9.53 Å². The summed E-state index contributed by atoms with van der Waals surface area (Å²) in [6.07, 6.45) is 1.56. The number of likely N-dealkylation sites (tertiary alicyclic amines) is 1. The molecule has 1 amide bonds. The number of hydrogen-bond donors (Lipinski definition) is 1. The van der Waals surface area contributed by atoms with Gasteiger partial charge in [-0.25, -0.2) is 0 Å². The Balaban J connectivity index is 0.00000110. The van der Waals surface area contributed by atoms with Crippen LogP contribution < -0.4 is 5.32 Å². The highest BCUT2D eigenvalue weighted by Gasteiger charge is 2.39. The lowest BCUT2D eigenvalue weighted by Gasteiger charge is -2.36. The molecular weight excluding hydrogens is 313 g/mol. The van der Waals surface area contributed by atoms with Gasteiger partial charge in [-0.2, -0.15) is 0 Å². The van der Waals surface area contributed by atoms with Gasteiger partial charge in [-0.1, -0.05) is 0 Å². The summed E-state index contributed by atoms with van der Waals surface area (Å²) in [5.41, 5.74) is 0. The number of ether oxygens (including phenoxy) is 1. The Hall–Kier alpha value is -0.0700. The molecule has 3 aliphatic heterocycles. The first-order chi connectivity index (χ1) is 9.13. The summed E-state index contributed by atoms with van der Waals surface area (Å²) in [5.74, 6) is 1.03. The highest BCUT2D eigenvalue weighted by atomic mass is 35.5. The van der Waals surface area contributed by atoms with E-state index in [1.807, 2.05) is 18.7 Å². The second-order valence-corrected chi connectivity index (χ2v) is 6.30. The van der Waals surface area contributed by atoms with E-state index in [1.54, 1.807) is 0 Å². The lowest BCUT2D eigenvalue weighted by atomic mass is 10.1. The molecule has 5 nitrogen and oxygen atoms in total. The standard InChI is InChI=1S/C14H25N3O2.2ClH/c1-10-7-17(8-11(2)19-10)14(18)9-16-4-3-12-5-15-6-13(12)16;;/h10-13,15H,3-9H2,1-2H3;2*1H/t10-,11+,12-,13+;;/m0../s1. The maximum atomic E-state index is 12.4. The Morgan fingerprint density at radius 1 is 1.19 bits per heavy atom. The minimum atomic E-state index is 0. The van der Waals surface area contributed by atoms with Crippen molar-refractivity contribution in [2.75, 3.05) is 39.3 Å². The molecular formula is C14H27Cl2N3O2. The molecule has 0 radical (unpaired) electrons. The van der Waals surface area contributed by atoms with E-state index < -0.39 is 0 Å². The smallest absolute Gasteiger partial charge is 0.236 e. The van der Waals surface area contributed by atoms with Gasteiger partial charge in [-0.3, -0.25) is 9.69 Å². The fraction of sp³-hybridized carbons (Fsp3) is 0.929. The maximum Gasteiger partial charge on any atom is 0.236 e. The lowest BCUT2D eigenvalue weighted by molar-refractivity contribution is -0.144. The third-order valence-electron chi connectivity index (χ3n) is 4.67. The molecule has 0 unspecified atom stereocenters. The van der Waals surface area contributed by atoms with Gasteiger partial charge < -0.3 is 15.0 Å². The van der Waals surface area contributed by atoms with Crippen LogP contribution in [0.25, 0.3) is 0 Å². The predicted molar refractivity (Wildman–Crippen MR) is 87.4 cm³/mol. The predicted octanol–water partition coefficient (Wildman–Crippen LogP) is 0.760. The number of rotatable bonds is 2. The van der Waals surface area contributed by atoms with Crippen molar-refractivity contribution in [1.29, 1.82) is 0 Å². The Bertz CT molecular complexity index is 349. The molecule has 0 bridgehead atoms. The number of morpholine rings is 1. The summed E-state index contributed by atoms with van der Waals surface area (Å²) < 4.78 is 5.69. The van der Waals surface area contributed by atoms with Crippen LogP contribution in [0.15, 0.2) is 0 Å². The van der Waals surface area contributed by atoms with Gasteiger partial charge in [0.2, 0.25) is 5.91 Å². The number of nitrogens with one attached hydrogen (secondary N) is 1. The fourth-order valence-electron chi connectivity index (χ4n) is 3.79. The van der Waals surface area contributed by atoms with Crippen LogP contribution >= 0.6 is 24.8 Å². The Morgan fingerprint density at radius 2 is 1.86 bits per heavy atom. The number of nitrogens with zero attached hydrogens (tertiary/aromatic N) is 2. The molecule has 21 heavy (non-hydrogen) atoms. The Morgan fingerprint density at radius 3 is 2.52 bits per heavy atom. The number of amides is 1. The summed E-state index contributed by atoms with van der Waals surface area (Å²) >= 11 is 0. The number of fused-ring (bicyclic) bond motifs is 1. The van der Waals surface area contributed by atoms with E-state index in [-0.39, 0.29) is 42.9 Å². The van der Waals surface area contributed by atoms with Gasteiger partial charge in [0.05, 0.1) is 18.8 Å². The molecule has 4 atom stereocenters. The summed E-state index contributed by atoms with van der Waals surface area (Å²) in [6, 6.07) is 0.583. The largest absolute Gasteiger partial charge is 0.372 e. The molecule has 1 N–H and O–H groups in total. The highest BCUT2D eigenvalue weighted by molar-refractivity contribution is 5.85. The topological polar surface area (TPSA) is 44.8 Å². The zero-order chi connectivity index (χ0) is 13.4. The second-order valence-electron chi connectivity index (χ2n) is 6.30. The average molecular weight is 340 g/mol. The van der Waals surface area contributed by atoms with Crippen molar-refractivity contribution >= 4 is 30.7 Å². The number of carbonyl (C=O) groups excluding carboxylic acids is 1. The molecule has 3 fully saturated rings. The van der Waals surface area contributed by atoms with E-state index in [9.17, 15) is 4.79 Å². The quantitative estimate of drug-likeness (QED) is 0.806. The van der Waals surface area contributed by atoms with Gasteiger partial charge in [0, 0.05) is 25.7 Å². The molecule has 3 heterocycles. The van der Waals surface area contributed by atoms with E-state index >= 15 is 0 Å². The van der Waals surface area contributed by atoms with Gasteiger partial charge in [-0.05, 0) is 39.3 Å². The molecule has 0 aliphatic carbocycles. The normalized spacial score (nSPS) is 35.8.